The molecule has 466 valence electrons. The van der Waals surface area contributed by atoms with Gasteiger partial charge in [-0.05, 0) is 84.0 Å². The van der Waals surface area contributed by atoms with Crippen molar-refractivity contribution in [3.05, 3.63) is 50.7 Å². The highest BCUT2D eigenvalue weighted by Gasteiger charge is 2.52. The number of aliphatic hydroxyl groups is 5. The first kappa shape index (κ1) is 68.3. The second kappa shape index (κ2) is 31.3. The molecule has 19 atom stereocenters. The van der Waals surface area contributed by atoms with Gasteiger partial charge in [0.05, 0.1) is 97.9 Å². The Hall–Kier alpha value is -3.19. The average Bonchev–Trinajstić information content (AvgIpc) is 1.36. The van der Waals surface area contributed by atoms with Crippen LogP contribution in [-0.4, -0.2) is 218 Å². The molecule has 84 heavy (non-hydrogen) atoms. The first-order valence-corrected chi connectivity index (χ1v) is 32.6. The number of aliphatic hydroxyl groups excluding tert-OH is 4. The zero-order valence-electron chi connectivity index (χ0n) is 48.1. The monoisotopic (exact) mass is 1320 g/mol. The van der Waals surface area contributed by atoms with Gasteiger partial charge in [0.15, 0.2) is 41.8 Å². The maximum absolute atomic E-state index is 14.4. The summed E-state index contributed by atoms with van der Waals surface area (Å²) in [5.41, 5.74) is 1.18. The highest BCUT2D eigenvalue weighted by Crippen LogP contribution is 2.51. The molecule has 4 heterocycles. The van der Waals surface area contributed by atoms with E-state index in [0.717, 1.165) is 18.9 Å². The molecular weight excluding hydrogens is 1250 g/mol. The second-order valence-electron chi connectivity index (χ2n) is 20.1. The molecule has 2 aliphatic carbocycles. The summed E-state index contributed by atoms with van der Waals surface area (Å²) in [5, 5.41) is 62.6. The zero-order chi connectivity index (χ0) is 61.2. The van der Waals surface area contributed by atoms with E-state index in [4.69, 9.17) is 61.7 Å². The van der Waals surface area contributed by atoms with Crippen molar-refractivity contribution in [2.75, 3.05) is 60.7 Å². The average molecular weight is 1320 g/mol. The van der Waals surface area contributed by atoms with Crippen LogP contribution in [0.1, 0.15) is 62.9 Å². The standard InChI is InChI=1S/C55H74BrN3O21S4/c1-12-57-30-24-73-35(22-34(30)68-6)78-48-43(63)40(26(3)75-53(48)77-33-17-15-13-14-16-19-55(67)23-32(61)41(58-54(66)72-10)38(33)29(55)18-20-82-84-81-11)59-80-36-21-31(60)50(28(5)74-36)83-51(65)37-25(2)39(56)46(49(71-9)45(37)69-7)79-52-44(64)47(70-8)42(62)27(4)76-52/h13-14,18,26-28,30-31,33-36,40,42-44,47-48,50,52-53,57,59-60,62-64,67H,12,20-24H2,1-11H3,(H,58,66)/b14-13+,29-18+/t26-,27+,28-,30+,31+,33+,34+,35+,36+,40-,42+,43+,44-,47-,48-,50-,52+,53+,55+/m1/s1. The van der Waals surface area contributed by atoms with Crippen LogP contribution in [0.4, 0.5) is 4.79 Å². The van der Waals surface area contributed by atoms with Crippen LogP contribution < -0.4 is 30.3 Å². The minimum atomic E-state index is -2.06. The molecule has 4 aliphatic heterocycles. The molecule has 4 fully saturated rings. The van der Waals surface area contributed by atoms with E-state index in [2.05, 4.69) is 55.7 Å². The van der Waals surface area contributed by atoms with Crippen LogP contribution in [0.3, 0.4) is 0 Å². The predicted molar refractivity (Wildman–Crippen MR) is 315 cm³/mol. The molecule has 0 saturated carbocycles. The number of allylic oxidation sites excluding steroid dienone is 3. The van der Waals surface area contributed by atoms with E-state index in [1.165, 1.54) is 64.9 Å². The number of Topliss-reactive ketones (excluding diaryl/α,β-unsaturated/α-hetero) is 1. The fourth-order valence-corrected chi connectivity index (χ4v) is 14.5. The van der Waals surface area contributed by atoms with Crippen molar-refractivity contribution in [1.82, 2.24) is 16.1 Å². The number of fused-ring (bicyclic) bond motifs is 2. The van der Waals surface area contributed by atoms with Crippen molar-refractivity contribution in [3.63, 3.8) is 0 Å². The number of hydroxylamine groups is 1. The Labute approximate surface area is 512 Å². The highest BCUT2D eigenvalue weighted by molar-refractivity contribution is 9.10. The number of thioether (sulfide) groups is 1. The number of methoxy groups -OCH3 is 5. The van der Waals surface area contributed by atoms with Crippen molar-refractivity contribution in [2.24, 2.45) is 0 Å². The third-order valence-electron chi connectivity index (χ3n) is 14.8. The lowest BCUT2D eigenvalue weighted by molar-refractivity contribution is -0.336. The number of carbonyl (C=O) groups is 3. The van der Waals surface area contributed by atoms with Crippen LogP contribution in [0.15, 0.2) is 39.5 Å². The molecule has 29 heteroatoms. The van der Waals surface area contributed by atoms with E-state index in [1.54, 1.807) is 40.9 Å². The molecule has 4 saturated heterocycles. The molecule has 2 bridgehead atoms. The number of ether oxygens (including phenoxy) is 12. The van der Waals surface area contributed by atoms with Gasteiger partial charge in [-0.2, -0.15) is 5.48 Å². The van der Waals surface area contributed by atoms with Gasteiger partial charge in [0, 0.05) is 44.0 Å². The van der Waals surface area contributed by atoms with Gasteiger partial charge in [0.2, 0.25) is 17.2 Å². The molecule has 0 spiro atoms. The van der Waals surface area contributed by atoms with Gasteiger partial charge in [0.1, 0.15) is 36.6 Å². The molecule has 1 aromatic rings. The van der Waals surface area contributed by atoms with Gasteiger partial charge in [-0.15, -0.1) is 0 Å². The molecule has 6 aliphatic rings. The molecular formula is C55H74BrN3O21S4. The number of alkyl carbamates (subject to hydrolysis) is 1. The Morgan fingerprint density at radius 2 is 1.61 bits per heavy atom. The summed E-state index contributed by atoms with van der Waals surface area (Å²) in [7, 11) is 11.2. The Morgan fingerprint density at radius 1 is 0.881 bits per heavy atom. The number of carbonyl (C=O) groups excluding carboxylic acids is 3. The number of halogens is 1. The van der Waals surface area contributed by atoms with E-state index in [1.807, 2.05) is 13.2 Å². The van der Waals surface area contributed by atoms with Crippen LogP contribution in [0, 0.1) is 30.6 Å². The lowest BCUT2D eigenvalue weighted by Gasteiger charge is -2.46. The Bertz CT molecular complexity index is 2710. The van der Waals surface area contributed by atoms with Crippen LogP contribution in [-0.2, 0) is 52.3 Å². The number of hydrogen-bond donors (Lipinski definition) is 8. The van der Waals surface area contributed by atoms with Crippen molar-refractivity contribution >= 4 is 76.1 Å². The first-order chi connectivity index (χ1) is 40.2. The largest absolute Gasteiger partial charge is 0.492 e. The van der Waals surface area contributed by atoms with E-state index >= 15 is 0 Å². The summed E-state index contributed by atoms with van der Waals surface area (Å²) < 4.78 is 72.2. The third kappa shape index (κ3) is 15.6. The SMILES string of the molecule is CCN[C@H]1CO[C@@H](O[C@H]2[C@H](O[C@H]3C#C/C=C/C#C[C@]4(O)CC(=O)C(NC(=O)OC)=C3/C4=C\CSSSC)O[C@H](C)[C@@H](NO[C@H]3C[C@H](O)[C@H](SC(=O)c4c(C)c(Br)c(O[C@@H]5O[C@@H](C)[C@H](O)[C@@H](OC)[C@H]5O)c(OC)c4OC)[C@@H](C)O3)[C@@H]2O)C[C@@H]1OC. The summed E-state index contributed by atoms with van der Waals surface area (Å²) in [6.45, 7) is 9.35. The number of rotatable bonds is 22. The summed E-state index contributed by atoms with van der Waals surface area (Å²) >= 11 is 4.36. The lowest BCUT2D eigenvalue weighted by Crippen LogP contribution is -2.65. The topological polar surface area (TPSA) is 308 Å². The number of nitrogens with one attached hydrogen (secondary N) is 3. The summed E-state index contributed by atoms with van der Waals surface area (Å²) in [6, 6.07) is -1.27. The molecule has 0 radical (unpaired) electrons. The van der Waals surface area contributed by atoms with E-state index in [-0.39, 0.29) is 75.7 Å². The third-order valence-corrected chi connectivity index (χ3v) is 20.8. The van der Waals surface area contributed by atoms with Gasteiger partial charge >= 0.3 is 6.09 Å². The Kier molecular flexibility index (Phi) is 25.5. The van der Waals surface area contributed by atoms with Gasteiger partial charge in [-0.1, -0.05) is 70.0 Å². The summed E-state index contributed by atoms with van der Waals surface area (Å²) in [6.07, 6.45) is -12.0. The predicted octanol–water partition coefficient (Wildman–Crippen LogP) is 3.35. The number of ketones is 1. The molecule has 1 amide bonds. The van der Waals surface area contributed by atoms with Gasteiger partial charge < -0.3 is 87.7 Å². The van der Waals surface area contributed by atoms with Gasteiger partial charge in [-0.3, -0.25) is 19.7 Å². The van der Waals surface area contributed by atoms with Crippen molar-refractivity contribution in [1.29, 1.82) is 0 Å². The molecule has 1 aromatic carbocycles. The fraction of sp³-hybridized carbons (Fsp3) is 0.655. The number of amides is 1. The first-order valence-electron chi connectivity index (χ1n) is 26.9. The summed E-state index contributed by atoms with van der Waals surface area (Å²) in [5.74, 6) is 11.2. The number of likely N-dealkylation sites (N-methyl/N-ethyl adjacent to an activating group) is 1. The minimum absolute atomic E-state index is 0.00142. The number of hydrogen-bond acceptors (Lipinski definition) is 27. The van der Waals surface area contributed by atoms with Crippen LogP contribution in [0.25, 0.3) is 0 Å². The van der Waals surface area contributed by atoms with Crippen LogP contribution in [0.2, 0.25) is 0 Å². The second-order valence-corrected chi connectivity index (χ2v) is 26.4. The fourth-order valence-electron chi connectivity index (χ4n) is 10.5. The smallest absolute Gasteiger partial charge is 0.411 e. The van der Waals surface area contributed by atoms with Gasteiger partial charge in [-0.25, -0.2) is 4.79 Å². The summed E-state index contributed by atoms with van der Waals surface area (Å²) in [4.78, 5) is 47.5. The Morgan fingerprint density at radius 3 is 2.27 bits per heavy atom. The van der Waals surface area contributed by atoms with Crippen molar-refractivity contribution in [3.8, 4) is 40.9 Å². The van der Waals surface area contributed by atoms with Crippen molar-refractivity contribution in [2.45, 2.75) is 169 Å². The zero-order valence-corrected chi connectivity index (χ0v) is 53.0. The lowest BCUT2D eigenvalue weighted by atomic mass is 9.75. The van der Waals surface area contributed by atoms with Gasteiger partial charge in [0.25, 0.3) is 0 Å². The Balaban J connectivity index is 1.12. The maximum Gasteiger partial charge on any atom is 0.411 e. The highest BCUT2D eigenvalue weighted by atomic mass is 79.9. The van der Waals surface area contributed by atoms with E-state index in [0.29, 0.717) is 17.9 Å². The molecule has 0 unspecified atom stereocenters. The van der Waals surface area contributed by atoms with Crippen molar-refractivity contribution < 1.29 is 102 Å². The minimum Gasteiger partial charge on any atom is -0.492 e. The number of benzene rings is 1. The maximum atomic E-state index is 14.4. The normalized spacial score (nSPS) is 35.9. The van der Waals surface area contributed by atoms with Crippen LogP contribution >= 0.6 is 59.1 Å². The van der Waals surface area contributed by atoms with E-state index in [9.17, 15) is 39.9 Å². The van der Waals surface area contributed by atoms with Crippen LogP contribution in [0.5, 0.6) is 17.2 Å². The molecule has 0 aromatic heterocycles. The van der Waals surface area contributed by atoms with E-state index < -0.39 is 127 Å². The molecule has 8 N–H and O–H groups in total. The molecule has 24 nitrogen and oxygen atoms in total. The quantitative estimate of drug-likeness (QED) is 0.0357. The molecule has 7 rings (SSSR count).